The Labute approximate surface area is 231 Å². The molecule has 0 saturated carbocycles. The molecule has 40 heavy (non-hydrogen) atoms. The van der Waals surface area contributed by atoms with Crippen LogP contribution in [-0.4, -0.2) is 72.2 Å². The number of piperidine rings is 1. The lowest BCUT2D eigenvalue weighted by Gasteiger charge is -2.39. The van der Waals surface area contributed by atoms with Crippen LogP contribution < -0.4 is 9.47 Å². The third kappa shape index (κ3) is 5.01. The van der Waals surface area contributed by atoms with Gasteiger partial charge in [0.25, 0.3) is 5.91 Å². The molecule has 1 spiro atoms. The van der Waals surface area contributed by atoms with Gasteiger partial charge in [-0.3, -0.25) is 9.59 Å². The fourth-order valence-electron chi connectivity index (χ4n) is 5.78. The molecule has 2 aliphatic heterocycles. The largest absolute Gasteiger partial charge is 0.497 e. The lowest BCUT2D eigenvalue weighted by atomic mass is 9.77. The SMILES string of the molecule is COc1ccc(-c2noc(CCC(=O)N3CCC4(CCN(C(=O)c5cc6cccc(OC)c6o5)CC4)C3)n2)cc1. The summed E-state index contributed by atoms with van der Waals surface area (Å²) in [6.07, 6.45) is 3.39. The van der Waals surface area contributed by atoms with E-state index in [4.69, 9.17) is 18.4 Å². The van der Waals surface area contributed by atoms with Crippen molar-refractivity contribution in [3.8, 4) is 22.9 Å². The molecule has 10 nitrogen and oxygen atoms in total. The maximum absolute atomic E-state index is 13.2. The van der Waals surface area contributed by atoms with Crippen molar-refractivity contribution in [2.45, 2.75) is 32.1 Å². The second kappa shape index (κ2) is 10.7. The van der Waals surface area contributed by atoms with Crippen LogP contribution in [0.5, 0.6) is 11.5 Å². The molecule has 4 aromatic rings. The predicted octanol–water partition coefficient (Wildman–Crippen LogP) is 4.59. The van der Waals surface area contributed by atoms with Crippen LogP contribution in [0.25, 0.3) is 22.4 Å². The van der Waals surface area contributed by atoms with Crippen LogP contribution in [0.1, 0.15) is 42.1 Å². The maximum Gasteiger partial charge on any atom is 0.289 e. The Hall–Kier alpha value is -4.34. The Kier molecular flexibility index (Phi) is 6.91. The molecular weight excluding hydrogens is 512 g/mol. The Morgan fingerprint density at radius 2 is 1.73 bits per heavy atom. The number of para-hydroxylation sites is 1. The molecule has 4 heterocycles. The summed E-state index contributed by atoms with van der Waals surface area (Å²) in [6, 6.07) is 14.8. The van der Waals surface area contributed by atoms with Crippen molar-refractivity contribution < 1.29 is 28.0 Å². The molecule has 0 aliphatic carbocycles. The van der Waals surface area contributed by atoms with Gasteiger partial charge in [0, 0.05) is 50.0 Å². The number of methoxy groups -OCH3 is 2. The second-order valence-electron chi connectivity index (χ2n) is 10.6. The van der Waals surface area contributed by atoms with Crippen LogP contribution in [-0.2, 0) is 11.2 Å². The van der Waals surface area contributed by atoms with Crippen molar-refractivity contribution in [2.24, 2.45) is 5.41 Å². The zero-order valence-corrected chi connectivity index (χ0v) is 22.7. The van der Waals surface area contributed by atoms with Gasteiger partial charge in [0.15, 0.2) is 17.1 Å². The first-order chi connectivity index (χ1) is 19.5. The maximum atomic E-state index is 13.2. The number of hydrogen-bond donors (Lipinski definition) is 0. The Bertz CT molecular complexity index is 1520. The van der Waals surface area contributed by atoms with Crippen molar-refractivity contribution in [1.29, 1.82) is 0 Å². The van der Waals surface area contributed by atoms with E-state index in [0.29, 0.717) is 54.7 Å². The highest BCUT2D eigenvalue weighted by Gasteiger charge is 2.43. The third-order valence-corrected chi connectivity index (χ3v) is 8.21. The number of nitrogens with zero attached hydrogens (tertiary/aromatic N) is 4. The summed E-state index contributed by atoms with van der Waals surface area (Å²) >= 11 is 0. The van der Waals surface area contributed by atoms with Gasteiger partial charge in [-0.25, -0.2) is 0 Å². The van der Waals surface area contributed by atoms with Crippen molar-refractivity contribution >= 4 is 22.8 Å². The van der Waals surface area contributed by atoms with Crippen molar-refractivity contribution in [3.63, 3.8) is 0 Å². The number of amides is 2. The molecule has 2 fully saturated rings. The molecule has 0 bridgehead atoms. The Balaban J connectivity index is 1.01. The average Bonchev–Trinajstić information content (AvgIpc) is 3.75. The molecule has 2 aliphatic rings. The first kappa shape index (κ1) is 25.9. The number of carbonyl (C=O) groups is 2. The van der Waals surface area contributed by atoms with Gasteiger partial charge in [-0.05, 0) is 61.1 Å². The number of aryl methyl sites for hydroxylation is 1. The summed E-state index contributed by atoms with van der Waals surface area (Å²) in [7, 11) is 3.20. The summed E-state index contributed by atoms with van der Waals surface area (Å²) in [5.41, 5.74) is 1.47. The van der Waals surface area contributed by atoms with E-state index in [0.717, 1.165) is 49.1 Å². The van der Waals surface area contributed by atoms with E-state index < -0.39 is 0 Å². The lowest BCUT2D eigenvalue weighted by Crippen LogP contribution is -2.44. The van der Waals surface area contributed by atoms with Crippen molar-refractivity contribution in [1.82, 2.24) is 19.9 Å². The van der Waals surface area contributed by atoms with Crippen LogP contribution in [0.4, 0.5) is 0 Å². The molecule has 10 heteroatoms. The smallest absolute Gasteiger partial charge is 0.289 e. The van der Waals surface area contributed by atoms with Crippen LogP contribution in [0, 0.1) is 5.41 Å². The van der Waals surface area contributed by atoms with E-state index >= 15 is 0 Å². The van der Waals surface area contributed by atoms with Crippen LogP contribution >= 0.6 is 0 Å². The van der Waals surface area contributed by atoms with E-state index in [1.807, 2.05) is 52.3 Å². The van der Waals surface area contributed by atoms with Gasteiger partial charge in [0.2, 0.25) is 17.6 Å². The fraction of sp³-hybridized carbons (Fsp3) is 0.400. The van der Waals surface area contributed by atoms with E-state index in [9.17, 15) is 9.59 Å². The highest BCUT2D eigenvalue weighted by Crippen LogP contribution is 2.41. The summed E-state index contributed by atoms with van der Waals surface area (Å²) in [5, 5.41) is 4.90. The quantitative estimate of drug-likeness (QED) is 0.332. The monoisotopic (exact) mass is 544 g/mol. The van der Waals surface area contributed by atoms with E-state index in [-0.39, 0.29) is 17.2 Å². The number of aromatic nitrogens is 2. The molecule has 2 aromatic heterocycles. The Morgan fingerprint density at radius 3 is 2.45 bits per heavy atom. The van der Waals surface area contributed by atoms with Gasteiger partial charge in [-0.2, -0.15) is 4.98 Å². The van der Waals surface area contributed by atoms with Crippen LogP contribution in [0.3, 0.4) is 0 Å². The number of benzene rings is 2. The van der Waals surface area contributed by atoms with E-state index in [1.165, 1.54) is 0 Å². The molecule has 2 saturated heterocycles. The van der Waals surface area contributed by atoms with Crippen LogP contribution in [0.2, 0.25) is 0 Å². The number of furan rings is 1. The molecule has 2 aromatic carbocycles. The summed E-state index contributed by atoms with van der Waals surface area (Å²) in [5.74, 6) is 2.63. The minimum absolute atomic E-state index is 0.0512. The van der Waals surface area contributed by atoms with Gasteiger partial charge in [-0.15, -0.1) is 0 Å². The summed E-state index contributed by atoms with van der Waals surface area (Å²) in [4.78, 5) is 34.5. The minimum atomic E-state index is -0.104. The predicted molar refractivity (Wildman–Crippen MR) is 146 cm³/mol. The molecule has 6 rings (SSSR count). The van der Waals surface area contributed by atoms with Crippen molar-refractivity contribution in [2.75, 3.05) is 40.4 Å². The zero-order chi connectivity index (χ0) is 27.7. The topological polar surface area (TPSA) is 111 Å². The molecule has 2 amide bonds. The minimum Gasteiger partial charge on any atom is -0.497 e. The molecule has 0 atom stereocenters. The van der Waals surface area contributed by atoms with Crippen molar-refractivity contribution in [3.05, 3.63) is 60.2 Å². The number of carbonyl (C=O) groups excluding carboxylic acids is 2. The molecule has 0 N–H and O–H groups in total. The highest BCUT2D eigenvalue weighted by atomic mass is 16.5. The van der Waals surface area contributed by atoms with Gasteiger partial charge in [0.1, 0.15) is 5.75 Å². The van der Waals surface area contributed by atoms with E-state index in [1.54, 1.807) is 20.3 Å². The van der Waals surface area contributed by atoms with E-state index in [2.05, 4.69) is 10.1 Å². The molecule has 0 unspecified atom stereocenters. The molecule has 208 valence electrons. The number of rotatable bonds is 7. The number of likely N-dealkylation sites (tertiary alicyclic amines) is 2. The number of ether oxygens (including phenoxy) is 2. The summed E-state index contributed by atoms with van der Waals surface area (Å²) in [6.45, 7) is 2.74. The summed E-state index contributed by atoms with van der Waals surface area (Å²) < 4.78 is 21.8. The second-order valence-corrected chi connectivity index (χ2v) is 10.6. The van der Waals surface area contributed by atoms with Gasteiger partial charge < -0.3 is 28.2 Å². The van der Waals surface area contributed by atoms with Gasteiger partial charge >= 0.3 is 0 Å². The third-order valence-electron chi connectivity index (χ3n) is 8.21. The Morgan fingerprint density at radius 1 is 0.975 bits per heavy atom. The first-order valence-electron chi connectivity index (χ1n) is 13.6. The molecular formula is C30H32N4O6. The highest BCUT2D eigenvalue weighted by molar-refractivity contribution is 5.97. The molecule has 0 radical (unpaired) electrons. The van der Waals surface area contributed by atoms with Gasteiger partial charge in [-0.1, -0.05) is 17.3 Å². The first-order valence-corrected chi connectivity index (χ1v) is 13.6. The standard InChI is InChI=1S/C30H32N4O6/c1-37-22-8-6-20(7-9-22)28-31-25(40-32-28)10-11-26(35)34-17-14-30(19-34)12-15-33(16-13-30)29(36)24-18-21-4-3-5-23(38-2)27(21)39-24/h3-9,18H,10-17,19H2,1-2H3. The zero-order valence-electron chi connectivity index (χ0n) is 22.7. The van der Waals surface area contributed by atoms with Crippen LogP contribution in [0.15, 0.2) is 57.5 Å². The normalized spacial score (nSPS) is 16.6. The lowest BCUT2D eigenvalue weighted by molar-refractivity contribution is -0.130. The fourth-order valence-corrected chi connectivity index (χ4v) is 5.78. The van der Waals surface area contributed by atoms with Gasteiger partial charge in [0.05, 0.1) is 14.2 Å². The number of hydrogen-bond acceptors (Lipinski definition) is 8. The number of fused-ring (bicyclic) bond motifs is 1. The average molecular weight is 545 g/mol.